The Bertz CT molecular complexity index is 481. The number of aliphatic hydroxyl groups excluding tert-OH is 1. The van der Waals surface area contributed by atoms with E-state index in [2.05, 4.69) is 15.0 Å². The molecule has 1 aliphatic rings. The molecule has 1 aliphatic carbocycles. The van der Waals surface area contributed by atoms with Gasteiger partial charge >= 0.3 is 0 Å². The summed E-state index contributed by atoms with van der Waals surface area (Å²) in [4.78, 5) is 12.2. The first-order valence-electron chi connectivity index (χ1n) is 7.45. The first kappa shape index (κ1) is 16.0. The minimum Gasteiger partial charge on any atom is -0.393 e. The predicted molar refractivity (Wildman–Crippen MR) is 85.6 cm³/mol. The van der Waals surface area contributed by atoms with Gasteiger partial charge in [0.15, 0.2) is 5.82 Å². The molecule has 6 nitrogen and oxygen atoms in total. The number of hydrogen-bond acceptors (Lipinski definition) is 6. The van der Waals surface area contributed by atoms with E-state index in [-0.39, 0.29) is 23.9 Å². The number of nitrogen functional groups attached to an aromatic ring is 1. The predicted octanol–water partition coefficient (Wildman–Crippen LogP) is 1.83. The molecule has 118 valence electrons. The van der Waals surface area contributed by atoms with Crippen LogP contribution < -0.4 is 16.4 Å². The highest BCUT2D eigenvalue weighted by molar-refractivity contribution is 7.11. The standard InChI is InChI=1S/C14H24N4O2S/c1-8(2)17-13(20)11-12(15)18-21-14(11)16-7-9-3-5-10(19)6-4-9/h8-10,16,19H,3-7H2,1-2H3,(H2,15,18)(H,17,20). The molecule has 1 aromatic heterocycles. The summed E-state index contributed by atoms with van der Waals surface area (Å²) >= 11 is 1.22. The molecule has 0 unspecified atom stereocenters. The maximum Gasteiger partial charge on any atom is 0.258 e. The topological polar surface area (TPSA) is 100 Å². The normalized spacial score (nSPS) is 22.3. The van der Waals surface area contributed by atoms with Crippen LogP contribution >= 0.6 is 11.5 Å². The Morgan fingerprint density at radius 3 is 2.71 bits per heavy atom. The number of aromatic nitrogens is 1. The van der Waals surface area contributed by atoms with Gasteiger partial charge in [-0.1, -0.05) is 0 Å². The third-order valence-corrected chi connectivity index (χ3v) is 4.55. The zero-order valence-electron chi connectivity index (χ0n) is 12.6. The zero-order valence-corrected chi connectivity index (χ0v) is 13.4. The monoisotopic (exact) mass is 312 g/mol. The minimum absolute atomic E-state index is 0.0597. The van der Waals surface area contributed by atoms with Crippen LogP contribution in [0.1, 0.15) is 49.9 Å². The fraction of sp³-hybridized carbons (Fsp3) is 0.714. The van der Waals surface area contributed by atoms with Gasteiger partial charge in [-0.2, -0.15) is 4.37 Å². The van der Waals surface area contributed by atoms with Crippen LogP contribution in [0.25, 0.3) is 0 Å². The van der Waals surface area contributed by atoms with E-state index in [1.165, 1.54) is 11.5 Å². The Morgan fingerprint density at radius 2 is 2.10 bits per heavy atom. The van der Waals surface area contributed by atoms with E-state index >= 15 is 0 Å². The van der Waals surface area contributed by atoms with E-state index in [4.69, 9.17) is 5.73 Å². The second-order valence-electron chi connectivity index (χ2n) is 5.96. The highest BCUT2D eigenvalue weighted by atomic mass is 32.1. The van der Waals surface area contributed by atoms with Crippen LogP contribution in [0, 0.1) is 5.92 Å². The molecular formula is C14H24N4O2S. The van der Waals surface area contributed by atoms with Crippen LogP contribution in [-0.2, 0) is 0 Å². The first-order valence-corrected chi connectivity index (χ1v) is 8.22. The van der Waals surface area contributed by atoms with Crippen molar-refractivity contribution in [1.29, 1.82) is 0 Å². The van der Waals surface area contributed by atoms with Gasteiger partial charge in [0.2, 0.25) is 0 Å². The van der Waals surface area contributed by atoms with Crippen LogP contribution in [0.3, 0.4) is 0 Å². The molecule has 0 spiro atoms. The molecule has 2 rings (SSSR count). The summed E-state index contributed by atoms with van der Waals surface area (Å²) in [6, 6.07) is 0.0597. The number of nitrogens with one attached hydrogen (secondary N) is 2. The van der Waals surface area contributed by atoms with Crippen molar-refractivity contribution in [2.24, 2.45) is 5.92 Å². The van der Waals surface area contributed by atoms with E-state index in [9.17, 15) is 9.90 Å². The number of amides is 1. The van der Waals surface area contributed by atoms with Crippen molar-refractivity contribution >= 4 is 28.3 Å². The lowest BCUT2D eigenvalue weighted by Gasteiger charge is -2.25. The highest BCUT2D eigenvalue weighted by Crippen LogP contribution is 2.29. The molecule has 1 saturated carbocycles. The molecule has 1 heterocycles. The number of hydrogen-bond donors (Lipinski definition) is 4. The fourth-order valence-corrected chi connectivity index (χ4v) is 3.28. The molecule has 0 bridgehead atoms. The van der Waals surface area contributed by atoms with Crippen molar-refractivity contribution in [3.8, 4) is 0 Å². The maximum atomic E-state index is 12.2. The number of nitrogens with zero attached hydrogens (tertiary/aromatic N) is 1. The quantitative estimate of drug-likeness (QED) is 0.664. The van der Waals surface area contributed by atoms with Crippen molar-refractivity contribution in [1.82, 2.24) is 9.69 Å². The Labute approximate surface area is 129 Å². The Hall–Kier alpha value is -1.34. The van der Waals surface area contributed by atoms with Gasteiger partial charge in [-0.3, -0.25) is 4.79 Å². The summed E-state index contributed by atoms with van der Waals surface area (Å²) in [5, 5.41) is 16.4. The SMILES string of the molecule is CC(C)NC(=O)c1c(N)nsc1NCC1CCC(O)CC1. The van der Waals surface area contributed by atoms with E-state index < -0.39 is 0 Å². The van der Waals surface area contributed by atoms with E-state index in [1.54, 1.807) is 0 Å². The van der Waals surface area contributed by atoms with Gasteiger partial charge in [-0.05, 0) is 57.0 Å². The molecule has 0 saturated heterocycles. The highest BCUT2D eigenvalue weighted by Gasteiger charge is 2.22. The molecule has 21 heavy (non-hydrogen) atoms. The van der Waals surface area contributed by atoms with Crippen LogP contribution in [0.2, 0.25) is 0 Å². The first-order chi connectivity index (χ1) is 9.97. The third-order valence-electron chi connectivity index (χ3n) is 3.73. The fourth-order valence-electron chi connectivity index (χ4n) is 2.56. The lowest BCUT2D eigenvalue weighted by molar-refractivity contribution is 0.0945. The van der Waals surface area contributed by atoms with Gasteiger partial charge < -0.3 is 21.5 Å². The molecular weight excluding hydrogens is 288 g/mol. The van der Waals surface area contributed by atoms with Crippen molar-refractivity contribution in [3.63, 3.8) is 0 Å². The largest absolute Gasteiger partial charge is 0.393 e. The number of rotatable bonds is 5. The summed E-state index contributed by atoms with van der Waals surface area (Å²) in [7, 11) is 0. The summed E-state index contributed by atoms with van der Waals surface area (Å²) in [5.74, 6) is 0.621. The molecule has 1 aromatic rings. The molecule has 7 heteroatoms. The maximum absolute atomic E-state index is 12.2. The molecule has 1 amide bonds. The average Bonchev–Trinajstić information content (AvgIpc) is 2.78. The number of carbonyl (C=O) groups is 1. The van der Waals surface area contributed by atoms with Gasteiger partial charge in [0.25, 0.3) is 5.91 Å². The summed E-state index contributed by atoms with van der Waals surface area (Å²) in [5.41, 5.74) is 6.26. The Kier molecular flexibility index (Phi) is 5.41. The minimum atomic E-state index is -0.183. The van der Waals surface area contributed by atoms with Gasteiger partial charge in [0.05, 0.1) is 6.10 Å². The Morgan fingerprint density at radius 1 is 1.43 bits per heavy atom. The lowest BCUT2D eigenvalue weighted by Crippen LogP contribution is -2.31. The van der Waals surface area contributed by atoms with Gasteiger partial charge in [-0.15, -0.1) is 0 Å². The van der Waals surface area contributed by atoms with Gasteiger partial charge in [0, 0.05) is 12.6 Å². The molecule has 0 atom stereocenters. The smallest absolute Gasteiger partial charge is 0.258 e. The molecule has 0 aromatic carbocycles. The number of anilines is 2. The van der Waals surface area contributed by atoms with Crippen LogP contribution in [0.4, 0.5) is 10.8 Å². The molecule has 0 aliphatic heterocycles. The second kappa shape index (κ2) is 7.09. The molecule has 0 radical (unpaired) electrons. The summed E-state index contributed by atoms with van der Waals surface area (Å²) in [6.07, 6.45) is 3.59. The van der Waals surface area contributed by atoms with Gasteiger partial charge in [-0.25, -0.2) is 0 Å². The zero-order chi connectivity index (χ0) is 15.4. The number of nitrogens with two attached hydrogens (primary N) is 1. The molecule has 5 N–H and O–H groups in total. The van der Waals surface area contributed by atoms with Crippen LogP contribution in [0.15, 0.2) is 0 Å². The van der Waals surface area contributed by atoms with Crippen molar-refractivity contribution in [2.45, 2.75) is 51.7 Å². The van der Waals surface area contributed by atoms with Crippen molar-refractivity contribution in [2.75, 3.05) is 17.6 Å². The van der Waals surface area contributed by atoms with Crippen LogP contribution in [0.5, 0.6) is 0 Å². The second-order valence-corrected chi connectivity index (χ2v) is 6.73. The third kappa shape index (κ3) is 4.31. The molecule has 1 fully saturated rings. The number of aliphatic hydroxyl groups is 1. The van der Waals surface area contributed by atoms with E-state index in [1.807, 2.05) is 13.8 Å². The Balaban J connectivity index is 1.96. The summed E-state index contributed by atoms with van der Waals surface area (Å²) in [6.45, 7) is 4.61. The van der Waals surface area contributed by atoms with Crippen molar-refractivity contribution in [3.05, 3.63) is 5.56 Å². The summed E-state index contributed by atoms with van der Waals surface area (Å²) < 4.78 is 4.08. The lowest BCUT2D eigenvalue weighted by atomic mass is 9.87. The van der Waals surface area contributed by atoms with Crippen molar-refractivity contribution < 1.29 is 9.90 Å². The van der Waals surface area contributed by atoms with E-state index in [0.29, 0.717) is 11.5 Å². The number of carbonyl (C=O) groups excluding carboxylic acids is 1. The average molecular weight is 312 g/mol. The van der Waals surface area contributed by atoms with Crippen LogP contribution in [-0.4, -0.2) is 34.1 Å². The van der Waals surface area contributed by atoms with Gasteiger partial charge in [0.1, 0.15) is 10.6 Å². The van der Waals surface area contributed by atoms with E-state index in [0.717, 1.165) is 37.2 Å².